The van der Waals surface area contributed by atoms with Gasteiger partial charge < -0.3 is 10.4 Å². The third-order valence-corrected chi connectivity index (χ3v) is 2.89. The first-order chi connectivity index (χ1) is 9.92. The number of carboxylic acids is 1. The summed E-state index contributed by atoms with van der Waals surface area (Å²) in [5.41, 5.74) is 0.523. The highest BCUT2D eigenvalue weighted by atomic mass is 79.9. The fourth-order valence-corrected chi connectivity index (χ4v) is 1.82. The number of carbonyl (C=O) groups excluding carboxylic acids is 2. The Bertz CT molecular complexity index is 610. The Morgan fingerprint density at radius 1 is 1.29 bits per heavy atom. The molecule has 1 aromatic carbocycles. The molecule has 0 fully saturated rings. The molecule has 0 aromatic heterocycles. The summed E-state index contributed by atoms with van der Waals surface area (Å²) in [6, 6.07) is 5.85. The van der Waals surface area contributed by atoms with Gasteiger partial charge in [-0.2, -0.15) is 5.26 Å². The Kier molecular flexibility index (Phi) is 6.36. The average Bonchev–Trinajstić information content (AvgIpc) is 2.38. The van der Waals surface area contributed by atoms with Gasteiger partial charge in [-0.05, 0) is 24.6 Å². The number of imide groups is 1. The zero-order valence-electron chi connectivity index (χ0n) is 10.9. The van der Waals surface area contributed by atoms with E-state index in [1.807, 2.05) is 6.07 Å². The number of nitriles is 1. The van der Waals surface area contributed by atoms with Crippen molar-refractivity contribution in [1.82, 2.24) is 5.32 Å². The highest BCUT2D eigenvalue weighted by Gasteiger charge is 2.11. The number of aliphatic carboxylic acids is 1. The summed E-state index contributed by atoms with van der Waals surface area (Å²) >= 11 is 3.21. The Hall–Kier alpha value is -2.40. The van der Waals surface area contributed by atoms with Gasteiger partial charge in [0.25, 0.3) is 0 Å². The molecule has 110 valence electrons. The normalized spacial score (nSPS) is 9.52. The molecular formula is C13H12BrN3O4. The van der Waals surface area contributed by atoms with E-state index in [1.165, 1.54) is 12.1 Å². The van der Waals surface area contributed by atoms with Crippen molar-refractivity contribution in [3.63, 3.8) is 0 Å². The molecule has 0 atom stereocenters. The van der Waals surface area contributed by atoms with Gasteiger partial charge in [0, 0.05) is 17.3 Å². The van der Waals surface area contributed by atoms with E-state index in [2.05, 4.69) is 26.6 Å². The lowest BCUT2D eigenvalue weighted by atomic mass is 10.2. The van der Waals surface area contributed by atoms with E-state index in [9.17, 15) is 14.4 Å². The van der Waals surface area contributed by atoms with Gasteiger partial charge in [-0.3, -0.25) is 14.9 Å². The summed E-state index contributed by atoms with van der Waals surface area (Å²) in [7, 11) is 0. The number of halogens is 1. The molecule has 21 heavy (non-hydrogen) atoms. The Balaban J connectivity index is 2.54. The maximum absolute atomic E-state index is 11.6. The van der Waals surface area contributed by atoms with Crippen molar-refractivity contribution in [3.8, 4) is 6.07 Å². The van der Waals surface area contributed by atoms with Gasteiger partial charge in [0.15, 0.2) is 0 Å². The Labute approximate surface area is 129 Å². The van der Waals surface area contributed by atoms with E-state index in [1.54, 1.807) is 6.07 Å². The second-order valence-corrected chi connectivity index (χ2v) is 4.97. The molecule has 0 bridgehead atoms. The van der Waals surface area contributed by atoms with E-state index in [0.717, 1.165) is 0 Å². The van der Waals surface area contributed by atoms with Crippen molar-refractivity contribution < 1.29 is 19.5 Å². The summed E-state index contributed by atoms with van der Waals surface area (Å²) in [5.74, 6) is -1.58. The van der Waals surface area contributed by atoms with Crippen LogP contribution in [-0.4, -0.2) is 23.0 Å². The summed E-state index contributed by atoms with van der Waals surface area (Å²) in [6.07, 6.45) is -0.0582. The third kappa shape index (κ3) is 6.05. The molecule has 0 saturated heterocycles. The standard InChI is InChI=1S/C13H12BrN3O4/c14-9-5-4-8(7-15)10(6-9)16-13(21)17-11(18)2-1-3-12(19)20/h4-6H,1-3H2,(H,19,20)(H2,16,17,18,21). The fourth-order valence-electron chi connectivity index (χ4n) is 1.46. The van der Waals surface area contributed by atoms with Crippen LogP contribution in [0.4, 0.5) is 10.5 Å². The molecule has 3 N–H and O–H groups in total. The molecule has 0 unspecified atom stereocenters. The van der Waals surface area contributed by atoms with E-state index in [0.29, 0.717) is 4.47 Å². The molecule has 0 spiro atoms. The molecule has 0 aliphatic heterocycles. The lowest BCUT2D eigenvalue weighted by Crippen LogP contribution is -2.34. The van der Waals surface area contributed by atoms with E-state index < -0.39 is 17.9 Å². The lowest BCUT2D eigenvalue weighted by molar-refractivity contribution is -0.137. The van der Waals surface area contributed by atoms with Crippen LogP contribution < -0.4 is 10.6 Å². The Morgan fingerprint density at radius 2 is 2.00 bits per heavy atom. The van der Waals surface area contributed by atoms with Gasteiger partial charge in [0.1, 0.15) is 6.07 Å². The maximum atomic E-state index is 11.6. The van der Waals surface area contributed by atoms with Crippen LogP contribution in [0.25, 0.3) is 0 Å². The molecule has 1 aromatic rings. The van der Waals surface area contributed by atoms with Crippen LogP contribution in [0.2, 0.25) is 0 Å². The van der Waals surface area contributed by atoms with Gasteiger partial charge in [-0.1, -0.05) is 15.9 Å². The Morgan fingerprint density at radius 3 is 2.62 bits per heavy atom. The number of nitrogens with zero attached hydrogens (tertiary/aromatic N) is 1. The zero-order valence-corrected chi connectivity index (χ0v) is 12.4. The highest BCUT2D eigenvalue weighted by molar-refractivity contribution is 9.10. The number of hydrogen-bond donors (Lipinski definition) is 3. The largest absolute Gasteiger partial charge is 0.481 e. The van der Waals surface area contributed by atoms with Crippen LogP contribution in [0.3, 0.4) is 0 Å². The molecule has 3 amide bonds. The van der Waals surface area contributed by atoms with Crippen LogP contribution in [0, 0.1) is 11.3 Å². The van der Waals surface area contributed by atoms with Crippen LogP contribution in [-0.2, 0) is 9.59 Å². The van der Waals surface area contributed by atoms with Gasteiger partial charge in [0.05, 0.1) is 11.3 Å². The van der Waals surface area contributed by atoms with Gasteiger partial charge in [-0.25, -0.2) is 4.79 Å². The third-order valence-electron chi connectivity index (χ3n) is 2.40. The number of rotatable bonds is 5. The highest BCUT2D eigenvalue weighted by Crippen LogP contribution is 2.20. The second-order valence-electron chi connectivity index (χ2n) is 4.05. The maximum Gasteiger partial charge on any atom is 0.325 e. The number of urea groups is 1. The van der Waals surface area contributed by atoms with Crippen molar-refractivity contribution in [2.45, 2.75) is 19.3 Å². The molecule has 1 rings (SSSR count). The van der Waals surface area contributed by atoms with E-state index in [-0.39, 0.29) is 30.5 Å². The first-order valence-corrected chi connectivity index (χ1v) is 6.74. The number of benzene rings is 1. The summed E-state index contributed by atoms with van der Waals surface area (Å²) < 4.78 is 0.671. The van der Waals surface area contributed by atoms with Crippen molar-refractivity contribution in [2.75, 3.05) is 5.32 Å². The zero-order chi connectivity index (χ0) is 15.8. The van der Waals surface area contributed by atoms with Crippen molar-refractivity contribution in [3.05, 3.63) is 28.2 Å². The molecule has 8 heteroatoms. The summed E-state index contributed by atoms with van der Waals surface area (Å²) in [6.45, 7) is 0. The second kappa shape index (κ2) is 8.01. The number of nitrogens with one attached hydrogen (secondary N) is 2. The summed E-state index contributed by atoms with van der Waals surface area (Å²) in [5, 5.41) is 21.8. The number of anilines is 1. The van der Waals surface area contributed by atoms with Crippen LogP contribution in [0.5, 0.6) is 0 Å². The number of amides is 3. The van der Waals surface area contributed by atoms with E-state index >= 15 is 0 Å². The molecular weight excluding hydrogens is 342 g/mol. The molecule has 0 radical (unpaired) electrons. The number of hydrogen-bond acceptors (Lipinski definition) is 4. The van der Waals surface area contributed by atoms with Gasteiger partial charge >= 0.3 is 12.0 Å². The average molecular weight is 354 g/mol. The van der Waals surface area contributed by atoms with Crippen molar-refractivity contribution in [2.24, 2.45) is 0 Å². The minimum atomic E-state index is -1.000. The minimum absolute atomic E-state index is 0.0662. The van der Waals surface area contributed by atoms with Crippen molar-refractivity contribution in [1.29, 1.82) is 5.26 Å². The fraction of sp³-hybridized carbons (Fsp3) is 0.231. The number of carbonyl (C=O) groups is 3. The lowest BCUT2D eigenvalue weighted by Gasteiger charge is -2.08. The van der Waals surface area contributed by atoms with Crippen LogP contribution in [0.15, 0.2) is 22.7 Å². The van der Waals surface area contributed by atoms with Gasteiger partial charge in [-0.15, -0.1) is 0 Å². The molecule has 7 nitrogen and oxygen atoms in total. The SMILES string of the molecule is N#Cc1ccc(Br)cc1NC(=O)NC(=O)CCCC(=O)O. The first kappa shape index (κ1) is 16.7. The van der Waals surface area contributed by atoms with Crippen LogP contribution in [0.1, 0.15) is 24.8 Å². The predicted molar refractivity (Wildman–Crippen MR) is 77.5 cm³/mol. The smallest absolute Gasteiger partial charge is 0.325 e. The summed E-state index contributed by atoms with van der Waals surface area (Å²) in [4.78, 5) is 33.3. The molecule has 0 aliphatic carbocycles. The van der Waals surface area contributed by atoms with Gasteiger partial charge in [0.2, 0.25) is 5.91 Å². The quantitative estimate of drug-likeness (QED) is 0.749. The predicted octanol–water partition coefficient (Wildman–Crippen LogP) is 2.22. The minimum Gasteiger partial charge on any atom is -0.481 e. The first-order valence-electron chi connectivity index (χ1n) is 5.94. The topological polar surface area (TPSA) is 119 Å². The van der Waals surface area contributed by atoms with Crippen molar-refractivity contribution >= 4 is 39.5 Å². The monoisotopic (exact) mass is 353 g/mol. The number of carboxylic acid groups (broad SMARTS) is 1. The van der Waals surface area contributed by atoms with E-state index in [4.69, 9.17) is 10.4 Å². The van der Waals surface area contributed by atoms with Crippen LogP contribution >= 0.6 is 15.9 Å². The molecule has 0 saturated carbocycles. The molecule has 0 aliphatic rings. The molecule has 0 heterocycles.